The number of nitrogens with zero attached hydrogens (tertiary/aromatic N) is 3. The number of aromatic nitrogens is 2. The Labute approximate surface area is 129 Å². The lowest BCUT2D eigenvalue weighted by Gasteiger charge is -2.23. The summed E-state index contributed by atoms with van der Waals surface area (Å²) in [4.78, 5) is 10.8. The third-order valence-corrected chi connectivity index (χ3v) is 4.40. The van der Waals surface area contributed by atoms with E-state index in [2.05, 4.69) is 20.9 Å². The van der Waals surface area contributed by atoms with Crippen molar-refractivity contribution in [2.24, 2.45) is 0 Å². The van der Waals surface area contributed by atoms with Gasteiger partial charge in [0.2, 0.25) is 0 Å². The molecule has 0 aromatic carbocycles. The molecule has 2 aliphatic rings. The second-order valence-corrected chi connectivity index (χ2v) is 5.99. The van der Waals surface area contributed by atoms with E-state index in [0.717, 1.165) is 37.5 Å². The van der Waals surface area contributed by atoms with Gasteiger partial charge in [0.05, 0.1) is 18.4 Å². The Morgan fingerprint density at radius 3 is 3.05 bits per heavy atom. The number of hydrogen-bond acceptors (Lipinski definition) is 5. The highest BCUT2D eigenvalue weighted by Gasteiger charge is 2.46. The Hall–Kier alpha value is -2.14. The molecule has 5 nitrogen and oxygen atoms in total. The molecular formula is C17H19N3O2. The van der Waals surface area contributed by atoms with E-state index in [1.165, 1.54) is 0 Å². The molecule has 0 radical (unpaired) electrons. The van der Waals surface area contributed by atoms with Gasteiger partial charge < -0.3 is 14.4 Å². The van der Waals surface area contributed by atoms with Crippen LogP contribution in [-0.2, 0) is 4.74 Å². The van der Waals surface area contributed by atoms with Crippen molar-refractivity contribution in [2.75, 3.05) is 24.6 Å². The van der Waals surface area contributed by atoms with Gasteiger partial charge in [-0.15, -0.1) is 0 Å². The molecule has 22 heavy (non-hydrogen) atoms. The molecule has 0 bridgehead atoms. The van der Waals surface area contributed by atoms with Crippen LogP contribution in [0.4, 0.5) is 5.82 Å². The highest BCUT2D eigenvalue weighted by molar-refractivity contribution is 5.40. The van der Waals surface area contributed by atoms with Crippen LogP contribution in [-0.4, -0.2) is 41.4 Å². The third-order valence-electron chi connectivity index (χ3n) is 4.40. The molecule has 2 aromatic heterocycles. The Morgan fingerprint density at radius 1 is 1.23 bits per heavy atom. The van der Waals surface area contributed by atoms with Crippen LogP contribution >= 0.6 is 0 Å². The lowest BCUT2D eigenvalue weighted by molar-refractivity contribution is 0.0195. The van der Waals surface area contributed by atoms with Crippen molar-refractivity contribution in [2.45, 2.75) is 24.5 Å². The number of hydrogen-bond donors (Lipinski definition) is 0. The Kier molecular flexibility index (Phi) is 3.42. The summed E-state index contributed by atoms with van der Waals surface area (Å²) in [6.07, 6.45) is 7.39. The van der Waals surface area contributed by atoms with E-state index in [9.17, 15) is 0 Å². The minimum Gasteiger partial charge on any atom is -0.486 e. The molecule has 0 saturated carbocycles. The van der Waals surface area contributed by atoms with Crippen molar-refractivity contribution < 1.29 is 9.47 Å². The van der Waals surface area contributed by atoms with Gasteiger partial charge in [0.1, 0.15) is 17.7 Å². The highest BCUT2D eigenvalue weighted by atomic mass is 16.6. The smallest absolute Gasteiger partial charge is 0.138 e. The molecule has 4 heterocycles. The maximum absolute atomic E-state index is 6.12. The Bertz CT molecular complexity index is 622. The molecule has 1 spiro atoms. The SMILES string of the molecule is c1ccc(N2CC[C@]3(C[C@@H](Oc4cccnc4)CO3)C2)nc1. The van der Waals surface area contributed by atoms with Crippen molar-refractivity contribution >= 4 is 5.82 Å². The van der Waals surface area contributed by atoms with Gasteiger partial charge in [-0.1, -0.05) is 6.07 Å². The lowest BCUT2D eigenvalue weighted by atomic mass is 9.98. The molecule has 0 aliphatic carbocycles. The van der Waals surface area contributed by atoms with E-state index in [4.69, 9.17) is 9.47 Å². The second-order valence-electron chi connectivity index (χ2n) is 5.99. The van der Waals surface area contributed by atoms with Crippen LogP contribution in [0.15, 0.2) is 48.9 Å². The van der Waals surface area contributed by atoms with Crippen molar-refractivity contribution in [3.05, 3.63) is 48.9 Å². The van der Waals surface area contributed by atoms with Gasteiger partial charge in [0, 0.05) is 31.9 Å². The number of ether oxygens (including phenoxy) is 2. The average Bonchev–Trinajstić information content (AvgIpc) is 3.17. The monoisotopic (exact) mass is 297 g/mol. The summed E-state index contributed by atoms with van der Waals surface area (Å²) in [6.45, 7) is 2.51. The number of rotatable bonds is 3. The van der Waals surface area contributed by atoms with Gasteiger partial charge >= 0.3 is 0 Å². The molecule has 0 amide bonds. The topological polar surface area (TPSA) is 47.5 Å². The molecule has 2 atom stereocenters. The molecule has 5 heteroatoms. The van der Waals surface area contributed by atoms with Crippen LogP contribution in [0.5, 0.6) is 5.75 Å². The first-order valence-electron chi connectivity index (χ1n) is 7.70. The van der Waals surface area contributed by atoms with E-state index in [1.807, 2.05) is 30.5 Å². The maximum Gasteiger partial charge on any atom is 0.138 e. The normalized spacial score (nSPS) is 27.5. The Morgan fingerprint density at radius 2 is 2.23 bits per heavy atom. The molecule has 2 aromatic rings. The van der Waals surface area contributed by atoms with Gasteiger partial charge in [-0.25, -0.2) is 4.98 Å². The zero-order chi connectivity index (χ0) is 14.8. The van der Waals surface area contributed by atoms with Gasteiger partial charge in [-0.2, -0.15) is 0 Å². The van der Waals surface area contributed by atoms with Crippen LogP contribution in [0.2, 0.25) is 0 Å². The zero-order valence-corrected chi connectivity index (χ0v) is 12.4. The van der Waals surface area contributed by atoms with E-state index in [1.54, 1.807) is 12.4 Å². The summed E-state index contributed by atoms with van der Waals surface area (Å²) < 4.78 is 12.1. The van der Waals surface area contributed by atoms with Crippen LogP contribution < -0.4 is 9.64 Å². The number of pyridine rings is 2. The van der Waals surface area contributed by atoms with E-state index in [0.29, 0.717) is 6.61 Å². The fourth-order valence-electron chi connectivity index (χ4n) is 3.35. The fourth-order valence-corrected chi connectivity index (χ4v) is 3.35. The van der Waals surface area contributed by atoms with E-state index < -0.39 is 0 Å². The van der Waals surface area contributed by atoms with Gasteiger partial charge in [-0.3, -0.25) is 4.98 Å². The van der Waals surface area contributed by atoms with Crippen molar-refractivity contribution in [3.63, 3.8) is 0 Å². The van der Waals surface area contributed by atoms with Gasteiger partial charge in [0.25, 0.3) is 0 Å². The molecular weight excluding hydrogens is 278 g/mol. The predicted octanol–water partition coefficient (Wildman–Crippen LogP) is 2.29. The molecule has 114 valence electrons. The molecule has 0 unspecified atom stereocenters. The maximum atomic E-state index is 6.12. The van der Waals surface area contributed by atoms with Crippen LogP contribution in [0, 0.1) is 0 Å². The minimum absolute atomic E-state index is 0.0929. The summed E-state index contributed by atoms with van der Waals surface area (Å²) in [6, 6.07) is 9.85. The van der Waals surface area contributed by atoms with Crippen molar-refractivity contribution in [1.29, 1.82) is 0 Å². The first-order valence-corrected chi connectivity index (χ1v) is 7.70. The molecule has 0 N–H and O–H groups in total. The summed E-state index contributed by atoms with van der Waals surface area (Å²) in [5.41, 5.74) is -0.0929. The van der Waals surface area contributed by atoms with Crippen LogP contribution in [0.25, 0.3) is 0 Å². The summed E-state index contributed by atoms with van der Waals surface area (Å²) in [7, 11) is 0. The summed E-state index contributed by atoms with van der Waals surface area (Å²) in [5.74, 6) is 1.84. The summed E-state index contributed by atoms with van der Waals surface area (Å²) >= 11 is 0. The first-order chi connectivity index (χ1) is 10.8. The van der Waals surface area contributed by atoms with Gasteiger partial charge in [0.15, 0.2) is 0 Å². The van der Waals surface area contributed by atoms with Crippen molar-refractivity contribution in [3.8, 4) is 5.75 Å². The zero-order valence-electron chi connectivity index (χ0n) is 12.4. The largest absolute Gasteiger partial charge is 0.486 e. The highest BCUT2D eigenvalue weighted by Crippen LogP contribution is 2.37. The van der Waals surface area contributed by atoms with Crippen LogP contribution in [0.3, 0.4) is 0 Å². The number of anilines is 1. The van der Waals surface area contributed by atoms with Crippen molar-refractivity contribution in [1.82, 2.24) is 9.97 Å². The van der Waals surface area contributed by atoms with Crippen LogP contribution in [0.1, 0.15) is 12.8 Å². The van der Waals surface area contributed by atoms with Gasteiger partial charge in [-0.05, 0) is 30.7 Å². The Balaban J connectivity index is 1.40. The third kappa shape index (κ3) is 2.64. The first kappa shape index (κ1) is 13.5. The molecule has 2 saturated heterocycles. The lowest BCUT2D eigenvalue weighted by Crippen LogP contribution is -2.33. The van der Waals surface area contributed by atoms with E-state index >= 15 is 0 Å². The molecule has 2 aliphatic heterocycles. The minimum atomic E-state index is -0.0929. The van der Waals surface area contributed by atoms with E-state index in [-0.39, 0.29) is 11.7 Å². The standard InChI is InChI=1S/C17H19N3O2/c1-2-8-19-16(5-1)20-9-6-17(13-20)10-15(12-21-17)22-14-4-3-7-18-11-14/h1-5,7-8,11,15H,6,9-10,12-13H2/t15-,17+/m1/s1. The quantitative estimate of drug-likeness (QED) is 0.870. The second kappa shape index (κ2) is 5.57. The predicted molar refractivity (Wildman–Crippen MR) is 83.0 cm³/mol. The summed E-state index contributed by atoms with van der Waals surface area (Å²) in [5, 5.41) is 0. The molecule has 2 fully saturated rings. The average molecular weight is 297 g/mol. The fraction of sp³-hybridized carbons (Fsp3) is 0.412. The molecule has 4 rings (SSSR count).